The molecule has 1 aliphatic heterocycles. The summed E-state index contributed by atoms with van der Waals surface area (Å²) in [5, 5.41) is 16.7. The van der Waals surface area contributed by atoms with Crippen LogP contribution in [0.5, 0.6) is 5.75 Å². The van der Waals surface area contributed by atoms with Crippen molar-refractivity contribution in [1.82, 2.24) is 15.5 Å². The summed E-state index contributed by atoms with van der Waals surface area (Å²) in [6.07, 6.45) is 4.37. The molecule has 5 unspecified atom stereocenters. The maximum absolute atomic E-state index is 12.8. The van der Waals surface area contributed by atoms with E-state index in [4.69, 9.17) is 4.74 Å². The number of aliphatic imine (C=N–C) groups is 1. The molecule has 8 nitrogen and oxygen atoms in total. The van der Waals surface area contributed by atoms with Gasteiger partial charge in [0.25, 0.3) is 0 Å². The number of hydrogen-bond donors (Lipinski definition) is 3. The van der Waals surface area contributed by atoms with E-state index in [9.17, 15) is 14.7 Å². The van der Waals surface area contributed by atoms with Crippen LogP contribution < -0.4 is 15.4 Å². The van der Waals surface area contributed by atoms with Gasteiger partial charge in [-0.25, -0.2) is 0 Å². The van der Waals surface area contributed by atoms with Gasteiger partial charge in [-0.2, -0.15) is 0 Å². The van der Waals surface area contributed by atoms with Gasteiger partial charge in [0.05, 0.1) is 31.6 Å². The number of aliphatic hydroxyl groups is 1. The van der Waals surface area contributed by atoms with Gasteiger partial charge in [0.2, 0.25) is 11.8 Å². The highest BCUT2D eigenvalue weighted by Crippen LogP contribution is 2.52. The third kappa shape index (κ3) is 4.17. The number of rotatable bonds is 8. The van der Waals surface area contributed by atoms with Crippen LogP contribution in [0, 0.1) is 23.7 Å². The molecule has 0 radical (unpaired) electrons. The molecule has 2 fully saturated rings. The van der Waals surface area contributed by atoms with Crippen molar-refractivity contribution in [3.05, 3.63) is 42.0 Å². The lowest BCUT2D eigenvalue weighted by Gasteiger charge is -2.19. The van der Waals surface area contributed by atoms with Crippen molar-refractivity contribution in [2.75, 3.05) is 33.3 Å². The second-order valence-electron chi connectivity index (χ2n) is 8.27. The molecule has 1 aromatic rings. The van der Waals surface area contributed by atoms with E-state index in [1.54, 1.807) is 13.2 Å². The van der Waals surface area contributed by atoms with E-state index in [2.05, 4.69) is 27.8 Å². The second kappa shape index (κ2) is 9.09. The largest absolute Gasteiger partial charge is 0.497 e. The second-order valence-corrected chi connectivity index (χ2v) is 8.27. The van der Waals surface area contributed by atoms with E-state index in [1.165, 1.54) is 4.90 Å². The average molecular weight is 427 g/mol. The Hall–Kier alpha value is -2.87. The van der Waals surface area contributed by atoms with Gasteiger partial charge in [-0.05, 0) is 42.9 Å². The molecule has 1 heterocycles. The van der Waals surface area contributed by atoms with E-state index in [-0.39, 0.29) is 42.0 Å². The maximum atomic E-state index is 12.8. The first-order chi connectivity index (χ1) is 15.0. The molecule has 0 spiro atoms. The number of benzene rings is 1. The number of allylic oxidation sites excluding steroid dienone is 2. The van der Waals surface area contributed by atoms with Crippen molar-refractivity contribution >= 4 is 17.8 Å². The highest BCUT2D eigenvalue weighted by Gasteiger charge is 2.58. The fraction of sp³-hybridized carbons (Fsp3) is 0.522. The van der Waals surface area contributed by atoms with E-state index in [0.717, 1.165) is 12.0 Å². The van der Waals surface area contributed by atoms with Crippen LogP contribution in [-0.4, -0.2) is 61.1 Å². The van der Waals surface area contributed by atoms with E-state index in [1.807, 2.05) is 25.1 Å². The Morgan fingerprint density at radius 2 is 1.94 bits per heavy atom. The van der Waals surface area contributed by atoms with Gasteiger partial charge >= 0.3 is 0 Å². The third-order valence-corrected chi connectivity index (χ3v) is 6.43. The molecule has 166 valence electrons. The van der Waals surface area contributed by atoms with Crippen molar-refractivity contribution in [2.24, 2.45) is 28.7 Å². The molecule has 2 amide bonds. The van der Waals surface area contributed by atoms with Gasteiger partial charge in [0.1, 0.15) is 5.75 Å². The predicted molar refractivity (Wildman–Crippen MR) is 116 cm³/mol. The van der Waals surface area contributed by atoms with Crippen molar-refractivity contribution in [3.8, 4) is 5.75 Å². The molecule has 1 saturated heterocycles. The molecule has 3 N–H and O–H groups in total. The van der Waals surface area contributed by atoms with Crippen LogP contribution in [-0.2, 0) is 9.59 Å². The standard InChI is InChI=1S/C23H30N4O4/c1-3-24-23(26-13-18(28)14-5-4-6-17(12-14)31-2)25-9-10-27-21(29)19-15-7-8-16(11-15)20(19)22(27)30/h4-8,12,15-16,18-20,28H,3,9-11,13H2,1-2H3,(H2,24,25,26). The number of aliphatic hydroxyl groups excluding tert-OH is 1. The minimum Gasteiger partial charge on any atom is -0.497 e. The monoisotopic (exact) mass is 426 g/mol. The maximum Gasteiger partial charge on any atom is 0.233 e. The van der Waals surface area contributed by atoms with Crippen LogP contribution in [0.25, 0.3) is 0 Å². The molecule has 3 aliphatic rings. The predicted octanol–water partition coefficient (Wildman–Crippen LogP) is 1.09. The van der Waals surface area contributed by atoms with E-state index < -0.39 is 6.10 Å². The van der Waals surface area contributed by atoms with Crippen LogP contribution in [0.2, 0.25) is 0 Å². The molecular formula is C23H30N4O4. The number of amides is 2. The number of likely N-dealkylation sites (tertiary alicyclic amines) is 1. The van der Waals surface area contributed by atoms with Gasteiger partial charge in [-0.15, -0.1) is 0 Å². The molecule has 0 aromatic heterocycles. The van der Waals surface area contributed by atoms with Crippen molar-refractivity contribution < 1.29 is 19.4 Å². The summed E-state index contributed by atoms with van der Waals surface area (Å²) in [5.74, 6) is 1.25. The number of carbonyl (C=O) groups is 2. The molecule has 5 atom stereocenters. The SMILES string of the molecule is CCNC(=NCC(O)c1cccc(OC)c1)NCCN1C(=O)C2C3C=CC(C3)C2C1=O. The molecule has 4 rings (SSSR count). The highest BCUT2D eigenvalue weighted by molar-refractivity contribution is 6.06. The lowest BCUT2D eigenvalue weighted by molar-refractivity contribution is -0.140. The Morgan fingerprint density at radius 1 is 1.23 bits per heavy atom. The number of carbonyl (C=O) groups excluding carboxylic acids is 2. The zero-order chi connectivity index (χ0) is 22.0. The fourth-order valence-corrected chi connectivity index (χ4v) is 4.94. The van der Waals surface area contributed by atoms with Gasteiger partial charge in [0.15, 0.2) is 5.96 Å². The number of hydrogen-bond acceptors (Lipinski definition) is 5. The topological polar surface area (TPSA) is 103 Å². The van der Waals surface area contributed by atoms with E-state index >= 15 is 0 Å². The molecule has 2 bridgehead atoms. The van der Waals surface area contributed by atoms with Gasteiger partial charge in [-0.3, -0.25) is 19.5 Å². The van der Waals surface area contributed by atoms with Gasteiger partial charge in [-0.1, -0.05) is 24.3 Å². The Labute approximate surface area is 182 Å². The summed E-state index contributed by atoms with van der Waals surface area (Å²) in [7, 11) is 1.58. The smallest absolute Gasteiger partial charge is 0.233 e. The lowest BCUT2D eigenvalue weighted by atomic mass is 9.85. The number of nitrogens with one attached hydrogen (secondary N) is 2. The van der Waals surface area contributed by atoms with E-state index in [0.29, 0.717) is 31.3 Å². The zero-order valence-corrected chi connectivity index (χ0v) is 18.0. The first-order valence-corrected chi connectivity index (χ1v) is 10.9. The number of ether oxygens (including phenoxy) is 1. The molecule has 2 aliphatic carbocycles. The summed E-state index contributed by atoms with van der Waals surface area (Å²) in [6.45, 7) is 3.49. The van der Waals surface area contributed by atoms with Crippen molar-refractivity contribution in [2.45, 2.75) is 19.4 Å². The van der Waals surface area contributed by atoms with Gasteiger partial charge < -0.3 is 20.5 Å². The van der Waals surface area contributed by atoms with Crippen molar-refractivity contribution in [1.29, 1.82) is 0 Å². The quantitative estimate of drug-likeness (QED) is 0.249. The Kier molecular flexibility index (Phi) is 6.27. The summed E-state index contributed by atoms with van der Waals surface area (Å²) in [6, 6.07) is 7.25. The zero-order valence-electron chi connectivity index (χ0n) is 18.0. The number of nitrogens with zero attached hydrogens (tertiary/aromatic N) is 2. The summed E-state index contributed by atoms with van der Waals surface area (Å²) < 4.78 is 5.20. The van der Waals surface area contributed by atoms with Crippen LogP contribution in [0.15, 0.2) is 41.4 Å². The minimum atomic E-state index is -0.769. The summed E-state index contributed by atoms with van der Waals surface area (Å²) >= 11 is 0. The van der Waals surface area contributed by atoms with Crippen LogP contribution in [0.4, 0.5) is 0 Å². The van der Waals surface area contributed by atoms with Crippen LogP contribution >= 0.6 is 0 Å². The third-order valence-electron chi connectivity index (χ3n) is 6.43. The number of imide groups is 1. The first kappa shape index (κ1) is 21.4. The fourth-order valence-electron chi connectivity index (χ4n) is 4.94. The van der Waals surface area contributed by atoms with Crippen molar-refractivity contribution in [3.63, 3.8) is 0 Å². The van der Waals surface area contributed by atoms with Crippen LogP contribution in [0.1, 0.15) is 25.0 Å². The number of guanidine groups is 1. The Balaban J connectivity index is 1.31. The minimum absolute atomic E-state index is 0.0379. The molecular weight excluding hydrogens is 396 g/mol. The molecule has 31 heavy (non-hydrogen) atoms. The highest BCUT2D eigenvalue weighted by atomic mass is 16.5. The molecule has 8 heteroatoms. The molecule has 1 aromatic carbocycles. The molecule has 1 saturated carbocycles. The number of methoxy groups -OCH3 is 1. The van der Waals surface area contributed by atoms with Crippen LogP contribution in [0.3, 0.4) is 0 Å². The Morgan fingerprint density at radius 3 is 2.58 bits per heavy atom. The summed E-state index contributed by atoms with van der Waals surface area (Å²) in [4.78, 5) is 31.4. The number of fused-ring (bicyclic) bond motifs is 5. The Bertz CT molecular complexity index is 869. The lowest BCUT2D eigenvalue weighted by Crippen LogP contribution is -2.43. The van der Waals surface area contributed by atoms with Gasteiger partial charge in [0, 0.05) is 19.6 Å². The first-order valence-electron chi connectivity index (χ1n) is 10.9. The average Bonchev–Trinajstić information content (AvgIpc) is 3.47. The normalized spacial score (nSPS) is 27.6. The summed E-state index contributed by atoms with van der Waals surface area (Å²) in [5.41, 5.74) is 0.724.